The minimum absolute atomic E-state index is 0.172. The van der Waals surface area contributed by atoms with Crippen molar-refractivity contribution in [2.24, 2.45) is 11.3 Å². The van der Waals surface area contributed by atoms with Crippen LogP contribution in [-0.4, -0.2) is 27.5 Å². The highest BCUT2D eigenvalue weighted by Gasteiger charge is 2.34. The second-order valence-corrected chi connectivity index (χ2v) is 10.4. The molecule has 1 aliphatic rings. The van der Waals surface area contributed by atoms with E-state index in [2.05, 4.69) is 56.2 Å². The molecule has 26 heavy (non-hydrogen) atoms. The zero-order chi connectivity index (χ0) is 19.3. The summed E-state index contributed by atoms with van der Waals surface area (Å²) in [6.07, 6.45) is 3.29. The molecule has 0 aromatic carbocycles. The van der Waals surface area contributed by atoms with Crippen molar-refractivity contribution in [2.45, 2.75) is 73.3 Å². The Morgan fingerprint density at radius 3 is 2.58 bits per heavy atom. The lowest BCUT2D eigenvalue weighted by Crippen LogP contribution is -2.29. The molecular weight excluding hydrogens is 346 g/mol. The number of imidazole rings is 1. The summed E-state index contributed by atoms with van der Waals surface area (Å²) in [5, 5.41) is 3.50. The number of aromatic nitrogens is 2. The summed E-state index contributed by atoms with van der Waals surface area (Å²) in [4.78, 5) is 19.4. The number of thiazole rings is 1. The number of hydrogen-bond donors (Lipinski definition) is 1. The van der Waals surface area contributed by atoms with Crippen molar-refractivity contribution in [1.82, 2.24) is 9.38 Å². The number of hydrogen-bond acceptors (Lipinski definition) is 5. The second-order valence-electron chi connectivity index (χ2n) is 9.30. The lowest BCUT2D eigenvalue weighted by molar-refractivity contribution is 0.0521. The van der Waals surface area contributed by atoms with Gasteiger partial charge in [-0.3, -0.25) is 4.40 Å². The Balaban J connectivity index is 2.09. The fraction of sp³-hybridized carbons (Fsp3) is 0.700. The van der Waals surface area contributed by atoms with E-state index in [1.54, 1.807) is 11.3 Å². The molecule has 2 aromatic heterocycles. The third kappa shape index (κ3) is 3.61. The molecule has 2 aromatic rings. The maximum Gasteiger partial charge on any atom is 0.360 e. The average Bonchev–Trinajstić information content (AvgIpc) is 3.01. The Labute approximate surface area is 160 Å². The van der Waals surface area contributed by atoms with E-state index in [1.807, 2.05) is 6.92 Å². The van der Waals surface area contributed by atoms with Crippen LogP contribution in [-0.2, 0) is 17.6 Å². The van der Waals surface area contributed by atoms with Gasteiger partial charge in [0.15, 0.2) is 10.7 Å². The van der Waals surface area contributed by atoms with Crippen molar-refractivity contribution in [2.75, 3.05) is 11.9 Å². The smallest absolute Gasteiger partial charge is 0.360 e. The average molecular weight is 378 g/mol. The highest BCUT2D eigenvalue weighted by molar-refractivity contribution is 7.17. The van der Waals surface area contributed by atoms with Gasteiger partial charge in [0.05, 0.1) is 6.61 Å². The third-order valence-electron chi connectivity index (χ3n) is 5.00. The molecular formula is C20H31N3O2S. The molecule has 1 atom stereocenters. The number of fused-ring (bicyclic) bond motifs is 3. The van der Waals surface area contributed by atoms with Crippen LogP contribution in [0.5, 0.6) is 0 Å². The number of nitrogens with zero attached hydrogens (tertiary/aromatic N) is 2. The number of nitrogens with one attached hydrogen (secondary N) is 1. The number of carbonyl (C=O) groups is 1. The molecule has 1 N–H and O–H groups in total. The quantitative estimate of drug-likeness (QED) is 0.770. The van der Waals surface area contributed by atoms with Gasteiger partial charge >= 0.3 is 5.97 Å². The minimum atomic E-state index is -0.354. The highest BCUT2D eigenvalue weighted by atomic mass is 32.1. The van der Waals surface area contributed by atoms with Gasteiger partial charge in [-0.1, -0.05) is 20.8 Å². The van der Waals surface area contributed by atoms with Crippen LogP contribution in [0.2, 0.25) is 0 Å². The van der Waals surface area contributed by atoms with Gasteiger partial charge in [-0.25, -0.2) is 9.78 Å². The SMILES string of the molecule is CCOC(=O)c1nc2sc3c(n2c1NC(C)(C)C)CCC(C(C)(C)C)C3. The number of ether oxygens (including phenoxy) is 1. The van der Waals surface area contributed by atoms with E-state index in [4.69, 9.17) is 4.74 Å². The zero-order valence-corrected chi connectivity index (χ0v) is 17.8. The van der Waals surface area contributed by atoms with E-state index in [0.29, 0.717) is 23.6 Å². The Kier molecular flexibility index (Phi) is 4.84. The summed E-state index contributed by atoms with van der Waals surface area (Å²) in [6.45, 7) is 15.4. The largest absolute Gasteiger partial charge is 0.461 e. The van der Waals surface area contributed by atoms with E-state index < -0.39 is 0 Å². The summed E-state index contributed by atoms with van der Waals surface area (Å²) in [7, 11) is 0. The molecule has 0 saturated carbocycles. The van der Waals surface area contributed by atoms with Crippen LogP contribution in [0.25, 0.3) is 4.96 Å². The van der Waals surface area contributed by atoms with Crippen LogP contribution in [0.4, 0.5) is 5.82 Å². The van der Waals surface area contributed by atoms with Gasteiger partial charge in [0, 0.05) is 16.1 Å². The number of carbonyl (C=O) groups excluding carboxylic acids is 1. The standard InChI is InChI=1S/C20H31N3O2S/c1-8-25-17(24)15-16(22-20(5,6)7)23-13-10-9-12(19(2,3)4)11-14(13)26-18(23)21-15/h12,22H,8-11H2,1-7H3. The molecule has 0 saturated heterocycles. The van der Waals surface area contributed by atoms with Crippen molar-refractivity contribution in [3.05, 3.63) is 16.3 Å². The molecule has 0 fully saturated rings. The van der Waals surface area contributed by atoms with Crippen molar-refractivity contribution in [3.8, 4) is 0 Å². The molecule has 0 spiro atoms. The lowest BCUT2D eigenvalue weighted by atomic mass is 9.73. The van der Waals surface area contributed by atoms with Gasteiger partial charge in [0.1, 0.15) is 5.82 Å². The van der Waals surface area contributed by atoms with Gasteiger partial charge in [-0.05, 0) is 58.3 Å². The van der Waals surface area contributed by atoms with E-state index in [1.165, 1.54) is 17.0 Å². The minimum Gasteiger partial charge on any atom is -0.461 e. The number of anilines is 1. The molecule has 1 unspecified atom stereocenters. The first-order chi connectivity index (χ1) is 12.0. The van der Waals surface area contributed by atoms with Gasteiger partial charge in [-0.15, -0.1) is 11.3 Å². The van der Waals surface area contributed by atoms with Crippen LogP contribution < -0.4 is 5.32 Å². The first kappa shape index (κ1) is 19.2. The maximum absolute atomic E-state index is 12.4. The maximum atomic E-state index is 12.4. The number of rotatable bonds is 3. The Morgan fingerprint density at radius 2 is 2.00 bits per heavy atom. The summed E-state index contributed by atoms with van der Waals surface area (Å²) >= 11 is 1.72. The monoisotopic (exact) mass is 377 g/mol. The van der Waals surface area contributed by atoms with E-state index >= 15 is 0 Å². The molecule has 144 valence electrons. The summed E-state index contributed by atoms with van der Waals surface area (Å²) < 4.78 is 7.40. The molecule has 2 heterocycles. The molecule has 3 rings (SSSR count). The lowest BCUT2D eigenvalue weighted by Gasteiger charge is -2.33. The Bertz CT molecular complexity index is 821. The molecule has 0 bridgehead atoms. The Hall–Kier alpha value is -1.56. The number of esters is 1. The summed E-state index contributed by atoms with van der Waals surface area (Å²) in [5.41, 5.74) is 1.84. The van der Waals surface area contributed by atoms with Crippen LogP contribution in [0, 0.1) is 11.3 Å². The summed E-state index contributed by atoms with van der Waals surface area (Å²) in [6, 6.07) is 0. The first-order valence-electron chi connectivity index (χ1n) is 9.49. The van der Waals surface area contributed by atoms with Crippen LogP contribution >= 0.6 is 11.3 Å². The molecule has 0 radical (unpaired) electrons. The van der Waals surface area contributed by atoms with Crippen LogP contribution in [0.1, 0.15) is 75.9 Å². The predicted molar refractivity (Wildman–Crippen MR) is 107 cm³/mol. The second kappa shape index (κ2) is 6.55. The predicted octanol–water partition coefficient (Wildman–Crippen LogP) is 4.93. The fourth-order valence-corrected chi connectivity index (χ4v) is 4.86. The van der Waals surface area contributed by atoms with Gasteiger partial charge < -0.3 is 10.1 Å². The van der Waals surface area contributed by atoms with E-state index in [-0.39, 0.29) is 11.5 Å². The van der Waals surface area contributed by atoms with Crippen molar-refractivity contribution < 1.29 is 9.53 Å². The third-order valence-corrected chi connectivity index (χ3v) is 6.11. The van der Waals surface area contributed by atoms with Crippen LogP contribution in [0.3, 0.4) is 0 Å². The van der Waals surface area contributed by atoms with Crippen molar-refractivity contribution in [3.63, 3.8) is 0 Å². The van der Waals surface area contributed by atoms with Gasteiger partial charge in [0.2, 0.25) is 0 Å². The zero-order valence-electron chi connectivity index (χ0n) is 17.0. The van der Waals surface area contributed by atoms with Crippen molar-refractivity contribution >= 4 is 28.1 Å². The van der Waals surface area contributed by atoms with E-state index in [0.717, 1.165) is 23.6 Å². The van der Waals surface area contributed by atoms with Crippen LogP contribution in [0.15, 0.2) is 0 Å². The highest BCUT2D eigenvalue weighted by Crippen LogP contribution is 2.42. The fourth-order valence-electron chi connectivity index (χ4n) is 3.61. The summed E-state index contributed by atoms with van der Waals surface area (Å²) in [5.74, 6) is 1.10. The molecule has 0 amide bonds. The normalized spacial score (nSPS) is 18.0. The molecule has 6 heteroatoms. The van der Waals surface area contributed by atoms with Gasteiger partial charge in [0.25, 0.3) is 0 Å². The topological polar surface area (TPSA) is 55.6 Å². The Morgan fingerprint density at radius 1 is 1.31 bits per heavy atom. The molecule has 1 aliphatic carbocycles. The van der Waals surface area contributed by atoms with Crippen molar-refractivity contribution in [1.29, 1.82) is 0 Å². The molecule has 0 aliphatic heterocycles. The van der Waals surface area contributed by atoms with E-state index in [9.17, 15) is 4.79 Å². The molecule has 5 nitrogen and oxygen atoms in total. The number of aryl methyl sites for hydroxylation is 1. The van der Waals surface area contributed by atoms with Gasteiger partial charge in [-0.2, -0.15) is 0 Å². The first-order valence-corrected chi connectivity index (χ1v) is 10.3.